The van der Waals surface area contributed by atoms with Gasteiger partial charge in [-0.1, -0.05) is 17.7 Å². The van der Waals surface area contributed by atoms with Gasteiger partial charge >= 0.3 is 0 Å². The predicted octanol–water partition coefficient (Wildman–Crippen LogP) is 3.42. The second-order valence-corrected chi connectivity index (χ2v) is 4.60. The van der Waals surface area contributed by atoms with E-state index in [0.717, 1.165) is 11.3 Å². The van der Waals surface area contributed by atoms with Crippen LogP contribution in [0.3, 0.4) is 0 Å². The number of hydrogen-bond acceptors (Lipinski definition) is 3. The Kier molecular flexibility index (Phi) is 4.18. The second-order valence-electron chi connectivity index (χ2n) is 4.19. The van der Waals surface area contributed by atoms with Crippen LogP contribution in [0.1, 0.15) is 12.5 Å². The molecule has 0 amide bonds. The first kappa shape index (κ1) is 12.9. The largest absolute Gasteiger partial charge is 0.455 e. The van der Waals surface area contributed by atoms with Gasteiger partial charge in [0.15, 0.2) is 0 Å². The van der Waals surface area contributed by atoms with Crippen molar-refractivity contribution in [2.24, 2.45) is 5.73 Å². The van der Waals surface area contributed by atoms with Gasteiger partial charge in [0.1, 0.15) is 11.5 Å². The summed E-state index contributed by atoms with van der Waals surface area (Å²) in [6, 6.07) is 9.29. The molecule has 1 aromatic heterocycles. The third kappa shape index (κ3) is 3.22. The monoisotopic (exact) mass is 262 g/mol. The van der Waals surface area contributed by atoms with Gasteiger partial charge < -0.3 is 10.5 Å². The van der Waals surface area contributed by atoms with Crippen LogP contribution >= 0.6 is 11.6 Å². The summed E-state index contributed by atoms with van der Waals surface area (Å²) in [5.74, 6) is 1.42. The molecule has 1 heterocycles. The molecule has 94 valence electrons. The van der Waals surface area contributed by atoms with Gasteiger partial charge in [0.25, 0.3) is 0 Å². The summed E-state index contributed by atoms with van der Waals surface area (Å²) in [6.45, 7) is 1.94. The lowest BCUT2D eigenvalue weighted by Gasteiger charge is -2.14. The lowest BCUT2D eigenvalue weighted by atomic mass is 10.1. The fourth-order valence-electron chi connectivity index (χ4n) is 1.69. The summed E-state index contributed by atoms with van der Waals surface area (Å²) < 4.78 is 5.79. The molecule has 4 heteroatoms. The first-order chi connectivity index (χ1) is 8.66. The van der Waals surface area contributed by atoms with Gasteiger partial charge in [-0.25, -0.2) is 0 Å². The highest BCUT2D eigenvalue weighted by Gasteiger charge is 2.11. The Bertz CT molecular complexity index is 514. The van der Waals surface area contributed by atoms with E-state index in [2.05, 4.69) is 4.98 Å². The van der Waals surface area contributed by atoms with E-state index >= 15 is 0 Å². The number of hydrogen-bond donors (Lipinski definition) is 1. The number of nitrogens with zero attached hydrogens (tertiary/aromatic N) is 1. The second kappa shape index (κ2) is 5.85. The minimum Gasteiger partial charge on any atom is -0.455 e. The van der Waals surface area contributed by atoms with Gasteiger partial charge in [-0.15, -0.1) is 0 Å². The van der Waals surface area contributed by atoms with E-state index in [1.807, 2.05) is 37.3 Å². The van der Waals surface area contributed by atoms with Crippen molar-refractivity contribution in [2.75, 3.05) is 0 Å². The number of ether oxygens (including phenoxy) is 1. The topological polar surface area (TPSA) is 48.1 Å². The van der Waals surface area contributed by atoms with Crippen LogP contribution in [0.4, 0.5) is 0 Å². The molecule has 1 aromatic carbocycles. The number of aromatic nitrogens is 1. The van der Waals surface area contributed by atoms with Gasteiger partial charge in [0, 0.05) is 22.8 Å². The SMILES string of the molecule is CC(N)Cc1c(Cl)cccc1Oc1cccnc1. The average molecular weight is 263 g/mol. The summed E-state index contributed by atoms with van der Waals surface area (Å²) in [5, 5.41) is 0.675. The molecular weight excluding hydrogens is 248 g/mol. The van der Waals surface area contributed by atoms with E-state index in [1.54, 1.807) is 12.4 Å². The molecule has 0 aliphatic carbocycles. The maximum atomic E-state index is 6.19. The Labute approximate surface area is 112 Å². The zero-order valence-corrected chi connectivity index (χ0v) is 10.9. The molecule has 0 aliphatic heterocycles. The normalized spacial score (nSPS) is 12.2. The van der Waals surface area contributed by atoms with Gasteiger partial charge in [0.05, 0.1) is 6.20 Å². The lowest BCUT2D eigenvalue weighted by molar-refractivity contribution is 0.471. The van der Waals surface area contributed by atoms with Gasteiger partial charge in [-0.3, -0.25) is 4.98 Å². The summed E-state index contributed by atoms with van der Waals surface area (Å²) in [4.78, 5) is 4.01. The molecule has 0 saturated carbocycles. The third-order valence-corrected chi connectivity index (χ3v) is 2.82. The number of benzene rings is 1. The van der Waals surface area contributed by atoms with Crippen LogP contribution in [0.5, 0.6) is 11.5 Å². The van der Waals surface area contributed by atoms with Crippen molar-refractivity contribution in [1.82, 2.24) is 4.98 Å². The van der Waals surface area contributed by atoms with Crippen molar-refractivity contribution < 1.29 is 4.74 Å². The van der Waals surface area contributed by atoms with Crippen molar-refractivity contribution in [1.29, 1.82) is 0 Å². The van der Waals surface area contributed by atoms with Crippen LogP contribution in [-0.4, -0.2) is 11.0 Å². The predicted molar refractivity (Wildman–Crippen MR) is 73.1 cm³/mol. The molecule has 1 atom stereocenters. The van der Waals surface area contributed by atoms with Crippen LogP contribution in [0.15, 0.2) is 42.7 Å². The quantitative estimate of drug-likeness (QED) is 0.918. The van der Waals surface area contributed by atoms with Gasteiger partial charge in [0.2, 0.25) is 0 Å². The molecule has 1 unspecified atom stereocenters. The first-order valence-corrected chi connectivity index (χ1v) is 6.15. The number of halogens is 1. The Morgan fingerprint density at radius 2 is 2.17 bits per heavy atom. The highest BCUT2D eigenvalue weighted by atomic mass is 35.5. The average Bonchev–Trinajstić information content (AvgIpc) is 2.34. The molecule has 2 aromatic rings. The summed E-state index contributed by atoms with van der Waals surface area (Å²) in [6.07, 6.45) is 4.04. The van der Waals surface area contributed by atoms with Crippen molar-refractivity contribution >= 4 is 11.6 Å². The molecule has 18 heavy (non-hydrogen) atoms. The Morgan fingerprint density at radius 3 is 2.83 bits per heavy atom. The Morgan fingerprint density at radius 1 is 1.33 bits per heavy atom. The van der Waals surface area contributed by atoms with E-state index in [1.165, 1.54) is 0 Å². The highest BCUT2D eigenvalue weighted by molar-refractivity contribution is 6.31. The zero-order valence-electron chi connectivity index (χ0n) is 10.1. The molecule has 0 spiro atoms. The summed E-state index contributed by atoms with van der Waals surface area (Å²) in [7, 11) is 0. The zero-order chi connectivity index (χ0) is 13.0. The van der Waals surface area contributed by atoms with E-state index in [4.69, 9.17) is 22.1 Å². The van der Waals surface area contributed by atoms with E-state index in [9.17, 15) is 0 Å². The number of nitrogens with two attached hydrogens (primary N) is 1. The van der Waals surface area contributed by atoms with Crippen LogP contribution in [-0.2, 0) is 6.42 Å². The number of pyridine rings is 1. The molecule has 0 bridgehead atoms. The molecular formula is C14H15ClN2O. The smallest absolute Gasteiger partial charge is 0.145 e. The fourth-order valence-corrected chi connectivity index (χ4v) is 1.93. The molecule has 3 nitrogen and oxygen atoms in total. The van der Waals surface area contributed by atoms with Crippen molar-refractivity contribution in [3.63, 3.8) is 0 Å². The van der Waals surface area contributed by atoms with Crippen LogP contribution < -0.4 is 10.5 Å². The maximum absolute atomic E-state index is 6.19. The van der Waals surface area contributed by atoms with Crippen LogP contribution in [0.2, 0.25) is 5.02 Å². The summed E-state index contributed by atoms with van der Waals surface area (Å²) >= 11 is 6.19. The molecule has 2 rings (SSSR count). The highest BCUT2D eigenvalue weighted by Crippen LogP contribution is 2.30. The van der Waals surface area contributed by atoms with Gasteiger partial charge in [-0.2, -0.15) is 0 Å². The molecule has 0 saturated heterocycles. The Hall–Kier alpha value is -1.58. The Balaban J connectivity index is 2.30. The molecule has 2 N–H and O–H groups in total. The van der Waals surface area contributed by atoms with E-state index in [-0.39, 0.29) is 6.04 Å². The molecule has 0 fully saturated rings. The molecule has 0 radical (unpaired) electrons. The number of rotatable bonds is 4. The van der Waals surface area contributed by atoms with Crippen molar-refractivity contribution in [2.45, 2.75) is 19.4 Å². The van der Waals surface area contributed by atoms with Crippen molar-refractivity contribution in [3.8, 4) is 11.5 Å². The van der Waals surface area contributed by atoms with Crippen LogP contribution in [0, 0.1) is 0 Å². The van der Waals surface area contributed by atoms with E-state index in [0.29, 0.717) is 17.2 Å². The van der Waals surface area contributed by atoms with Crippen LogP contribution in [0.25, 0.3) is 0 Å². The standard InChI is InChI=1S/C14H15ClN2O/c1-10(16)8-12-13(15)5-2-6-14(12)18-11-4-3-7-17-9-11/h2-7,9-10H,8,16H2,1H3. The minimum absolute atomic E-state index is 0.0288. The van der Waals surface area contributed by atoms with Crippen molar-refractivity contribution in [3.05, 3.63) is 53.3 Å². The minimum atomic E-state index is 0.0288. The summed E-state index contributed by atoms with van der Waals surface area (Å²) in [5.41, 5.74) is 6.76. The van der Waals surface area contributed by atoms with E-state index < -0.39 is 0 Å². The first-order valence-electron chi connectivity index (χ1n) is 5.77. The van der Waals surface area contributed by atoms with Gasteiger partial charge in [-0.05, 0) is 37.6 Å². The lowest BCUT2D eigenvalue weighted by Crippen LogP contribution is -2.18. The fraction of sp³-hybridized carbons (Fsp3) is 0.214. The molecule has 0 aliphatic rings. The third-order valence-electron chi connectivity index (χ3n) is 2.46. The maximum Gasteiger partial charge on any atom is 0.145 e.